The Bertz CT molecular complexity index is 790. The Morgan fingerprint density at radius 2 is 1.78 bits per heavy atom. The molecule has 0 unspecified atom stereocenters. The first-order valence-corrected chi connectivity index (χ1v) is 7.12. The van der Waals surface area contributed by atoms with Crippen molar-refractivity contribution in [1.29, 1.82) is 0 Å². The number of halogens is 1. The molecule has 3 rings (SSSR count). The van der Waals surface area contributed by atoms with Crippen LogP contribution in [0.3, 0.4) is 0 Å². The van der Waals surface area contributed by atoms with Crippen LogP contribution in [0.2, 0.25) is 0 Å². The van der Waals surface area contributed by atoms with Gasteiger partial charge >= 0.3 is 0 Å². The molecule has 4 nitrogen and oxygen atoms in total. The van der Waals surface area contributed by atoms with Crippen LogP contribution in [0.15, 0.2) is 71.2 Å². The molecular weight excluding hydrogens is 291 g/mol. The number of pyridine rings is 1. The van der Waals surface area contributed by atoms with Crippen molar-refractivity contribution in [1.82, 2.24) is 10.3 Å². The summed E-state index contributed by atoms with van der Waals surface area (Å²) in [4.78, 5) is 12.0. The number of aliphatic imine (C=N–C) groups is 2. The molecule has 1 aromatic heterocycles. The van der Waals surface area contributed by atoms with Crippen LogP contribution < -0.4 is 5.32 Å². The maximum atomic E-state index is 13.2. The highest BCUT2D eigenvalue weighted by Crippen LogP contribution is 2.32. The van der Waals surface area contributed by atoms with Crippen LogP contribution in [0, 0.1) is 5.82 Å². The molecule has 2 aromatic rings. The molecule has 1 aliphatic heterocycles. The number of hydrogen-bond acceptors (Lipinski definition) is 3. The van der Waals surface area contributed by atoms with E-state index >= 15 is 0 Å². The lowest BCUT2D eigenvalue weighted by Crippen LogP contribution is -2.14. The summed E-state index contributed by atoms with van der Waals surface area (Å²) in [6, 6.07) is 10.3. The van der Waals surface area contributed by atoms with Crippen molar-refractivity contribution in [2.45, 2.75) is 6.42 Å². The quantitative estimate of drug-likeness (QED) is 0.877. The van der Waals surface area contributed by atoms with E-state index in [2.05, 4.69) is 27.0 Å². The third-order valence-electron chi connectivity index (χ3n) is 3.48. The summed E-state index contributed by atoms with van der Waals surface area (Å²) in [5.74, 6) is 0.544. The maximum Gasteiger partial charge on any atom is 0.123 e. The lowest BCUT2D eigenvalue weighted by molar-refractivity contribution is 0.627. The first-order valence-electron chi connectivity index (χ1n) is 7.12. The minimum atomic E-state index is -0.258. The topological polar surface area (TPSA) is 49.6 Å². The molecule has 1 aliphatic rings. The smallest absolute Gasteiger partial charge is 0.123 e. The van der Waals surface area contributed by atoms with Crippen molar-refractivity contribution in [3.63, 3.8) is 0 Å². The molecule has 1 aromatic carbocycles. The zero-order chi connectivity index (χ0) is 16.1. The molecule has 0 radical (unpaired) electrons. The molecule has 0 amide bonds. The van der Waals surface area contributed by atoms with Crippen molar-refractivity contribution in [2.24, 2.45) is 9.98 Å². The molecule has 0 saturated carbocycles. The molecule has 0 fully saturated rings. The Kier molecular flexibility index (Phi) is 4.38. The molecule has 0 saturated heterocycles. The third kappa shape index (κ3) is 3.40. The van der Waals surface area contributed by atoms with Crippen molar-refractivity contribution in [3.8, 4) is 0 Å². The van der Waals surface area contributed by atoms with E-state index in [0.717, 1.165) is 28.2 Å². The van der Waals surface area contributed by atoms with Crippen LogP contribution in [0.5, 0.6) is 0 Å². The number of hydrogen-bond donors (Lipinski definition) is 1. The molecule has 114 valence electrons. The number of nitrogens with one attached hydrogen (secondary N) is 1. The van der Waals surface area contributed by atoms with E-state index in [0.29, 0.717) is 6.42 Å². The van der Waals surface area contributed by atoms with E-state index in [4.69, 9.17) is 0 Å². The van der Waals surface area contributed by atoms with Gasteiger partial charge in [0.1, 0.15) is 11.7 Å². The average molecular weight is 306 g/mol. The predicted molar refractivity (Wildman–Crippen MR) is 91.3 cm³/mol. The van der Waals surface area contributed by atoms with Crippen LogP contribution in [0.25, 0.3) is 11.3 Å². The fourth-order valence-electron chi connectivity index (χ4n) is 2.43. The summed E-state index contributed by atoms with van der Waals surface area (Å²) in [6.07, 6.45) is 7.27. The highest BCUT2D eigenvalue weighted by Gasteiger charge is 2.21. The van der Waals surface area contributed by atoms with Gasteiger partial charge in [-0.3, -0.25) is 9.98 Å². The molecule has 1 N–H and O–H groups in total. The van der Waals surface area contributed by atoms with Crippen LogP contribution in [0.1, 0.15) is 17.5 Å². The summed E-state index contributed by atoms with van der Waals surface area (Å²) >= 11 is 0. The van der Waals surface area contributed by atoms with Gasteiger partial charge in [-0.15, -0.1) is 0 Å². The standard InChI is InChI=1S/C18H15FN4/c1-20-10-11-22-17-12-16(13-6-8-21-9-7-13)18(23-17)14-2-4-15(19)5-3-14/h2-11H,1,12H2,(H,22,23)/b11-10-. The lowest BCUT2D eigenvalue weighted by Gasteiger charge is -2.07. The van der Waals surface area contributed by atoms with Gasteiger partial charge in [-0.1, -0.05) is 0 Å². The minimum absolute atomic E-state index is 0.258. The summed E-state index contributed by atoms with van der Waals surface area (Å²) in [5.41, 5.74) is 3.99. The van der Waals surface area contributed by atoms with E-state index in [-0.39, 0.29) is 5.82 Å². The second-order valence-electron chi connectivity index (χ2n) is 4.95. The predicted octanol–water partition coefficient (Wildman–Crippen LogP) is 3.65. The van der Waals surface area contributed by atoms with Gasteiger partial charge in [-0.2, -0.15) is 0 Å². The van der Waals surface area contributed by atoms with Crippen molar-refractivity contribution < 1.29 is 4.39 Å². The fourth-order valence-corrected chi connectivity index (χ4v) is 2.43. The van der Waals surface area contributed by atoms with E-state index in [9.17, 15) is 4.39 Å². The highest BCUT2D eigenvalue weighted by molar-refractivity contribution is 6.11. The molecule has 0 bridgehead atoms. The van der Waals surface area contributed by atoms with Crippen LogP contribution in [-0.2, 0) is 0 Å². The van der Waals surface area contributed by atoms with E-state index in [1.165, 1.54) is 18.3 Å². The SMILES string of the molecule is C=N/C=C\N=C1CC(c2ccncc2)=C(c2ccc(F)cc2)N1. The molecule has 0 spiro atoms. The summed E-state index contributed by atoms with van der Waals surface area (Å²) in [6.45, 7) is 3.38. The van der Waals surface area contributed by atoms with Gasteiger partial charge in [-0.05, 0) is 59.8 Å². The van der Waals surface area contributed by atoms with Gasteiger partial charge in [0.2, 0.25) is 0 Å². The zero-order valence-corrected chi connectivity index (χ0v) is 12.4. The second kappa shape index (κ2) is 6.79. The van der Waals surface area contributed by atoms with E-state index in [1.807, 2.05) is 12.1 Å². The normalized spacial score (nSPS) is 16.1. The summed E-state index contributed by atoms with van der Waals surface area (Å²) in [5, 5.41) is 3.31. The molecule has 0 aliphatic carbocycles. The van der Waals surface area contributed by atoms with Gasteiger partial charge in [0.05, 0.1) is 5.70 Å². The van der Waals surface area contributed by atoms with Crippen molar-refractivity contribution in [3.05, 3.63) is 78.1 Å². The Balaban J connectivity index is 2.01. The first kappa shape index (κ1) is 14.8. The Morgan fingerprint density at radius 1 is 1.04 bits per heavy atom. The lowest BCUT2D eigenvalue weighted by atomic mass is 10.0. The van der Waals surface area contributed by atoms with Crippen LogP contribution in [-0.4, -0.2) is 17.5 Å². The average Bonchev–Trinajstić information content (AvgIpc) is 3.01. The molecule has 2 heterocycles. The Labute approximate surface area is 133 Å². The third-order valence-corrected chi connectivity index (χ3v) is 3.48. The second-order valence-corrected chi connectivity index (χ2v) is 4.95. The summed E-state index contributed by atoms with van der Waals surface area (Å²) in [7, 11) is 0. The highest BCUT2D eigenvalue weighted by atomic mass is 19.1. The number of nitrogens with zero attached hydrogens (tertiary/aromatic N) is 3. The monoisotopic (exact) mass is 306 g/mol. The van der Waals surface area contributed by atoms with E-state index in [1.54, 1.807) is 30.7 Å². The van der Waals surface area contributed by atoms with Crippen LogP contribution in [0.4, 0.5) is 4.39 Å². The Hall–Kier alpha value is -3.08. The molecule has 0 atom stereocenters. The maximum absolute atomic E-state index is 13.2. The molecule has 23 heavy (non-hydrogen) atoms. The fraction of sp³-hybridized carbons (Fsp3) is 0.0556. The van der Waals surface area contributed by atoms with Gasteiger partial charge in [0.25, 0.3) is 0 Å². The van der Waals surface area contributed by atoms with E-state index < -0.39 is 0 Å². The number of aromatic nitrogens is 1. The van der Waals surface area contributed by atoms with Gasteiger partial charge in [-0.25, -0.2) is 9.38 Å². The zero-order valence-electron chi connectivity index (χ0n) is 12.4. The summed E-state index contributed by atoms with van der Waals surface area (Å²) < 4.78 is 13.2. The largest absolute Gasteiger partial charge is 0.343 e. The van der Waals surface area contributed by atoms with Gasteiger partial charge in [0, 0.05) is 31.2 Å². The van der Waals surface area contributed by atoms with Gasteiger partial charge < -0.3 is 5.32 Å². The number of rotatable bonds is 4. The first-order chi connectivity index (χ1) is 11.3. The van der Waals surface area contributed by atoms with Crippen molar-refractivity contribution in [2.75, 3.05) is 0 Å². The Morgan fingerprint density at radius 3 is 2.48 bits per heavy atom. The molecular formula is C18H15FN4. The number of amidine groups is 1. The molecule has 5 heteroatoms. The van der Waals surface area contributed by atoms with Crippen LogP contribution >= 0.6 is 0 Å². The van der Waals surface area contributed by atoms with Crippen molar-refractivity contribution >= 4 is 23.8 Å². The minimum Gasteiger partial charge on any atom is -0.343 e. The van der Waals surface area contributed by atoms with Gasteiger partial charge in [0.15, 0.2) is 0 Å². The number of benzene rings is 1.